The largest absolute Gasteiger partial charge is 0.385 e. The molecule has 0 rings (SSSR count). The van der Waals surface area contributed by atoms with Gasteiger partial charge in [-0.3, -0.25) is 4.79 Å². The highest BCUT2D eigenvalue weighted by molar-refractivity contribution is 8.12. The molecule has 3 nitrogen and oxygen atoms in total. The van der Waals surface area contributed by atoms with E-state index in [2.05, 4.69) is 5.32 Å². The van der Waals surface area contributed by atoms with E-state index in [4.69, 9.17) is 4.74 Å². The van der Waals surface area contributed by atoms with Crippen molar-refractivity contribution >= 4 is 17.0 Å². The van der Waals surface area contributed by atoms with Gasteiger partial charge in [0, 0.05) is 20.3 Å². The fourth-order valence-electron chi connectivity index (χ4n) is 0.479. The lowest BCUT2D eigenvalue weighted by molar-refractivity contribution is 0.194. The van der Waals surface area contributed by atoms with Crippen molar-refractivity contribution in [2.24, 2.45) is 0 Å². The summed E-state index contributed by atoms with van der Waals surface area (Å²) < 4.78 is 4.80. The Morgan fingerprint density at radius 1 is 1.70 bits per heavy atom. The molecule has 0 bridgehead atoms. The van der Waals surface area contributed by atoms with Gasteiger partial charge in [0.1, 0.15) is 0 Å². The van der Waals surface area contributed by atoms with Crippen LogP contribution in [0.15, 0.2) is 0 Å². The molecule has 0 heterocycles. The summed E-state index contributed by atoms with van der Waals surface area (Å²) in [6.07, 6.45) is 2.63. The lowest BCUT2D eigenvalue weighted by Gasteiger charge is -2.00. The van der Waals surface area contributed by atoms with Crippen LogP contribution in [0.1, 0.15) is 6.42 Å². The van der Waals surface area contributed by atoms with Crippen LogP contribution in [0.5, 0.6) is 0 Å². The van der Waals surface area contributed by atoms with Gasteiger partial charge in [0.25, 0.3) is 5.24 Å². The smallest absolute Gasteiger partial charge is 0.278 e. The lowest BCUT2D eigenvalue weighted by Crippen LogP contribution is -2.20. The number of methoxy groups -OCH3 is 1. The summed E-state index contributed by atoms with van der Waals surface area (Å²) in [6.45, 7) is 1.40. The second kappa shape index (κ2) is 6.89. The Balaban J connectivity index is 2.96. The average Bonchev–Trinajstić information content (AvgIpc) is 1.98. The number of carbonyl (C=O) groups is 1. The van der Waals surface area contributed by atoms with E-state index >= 15 is 0 Å². The number of carbonyl (C=O) groups excluding carboxylic acids is 1. The Bertz CT molecular complexity index is 97.7. The van der Waals surface area contributed by atoms with Gasteiger partial charge in [-0.25, -0.2) is 0 Å². The molecule has 0 spiro atoms. The molecule has 1 N–H and O–H groups in total. The molecule has 10 heavy (non-hydrogen) atoms. The van der Waals surface area contributed by atoms with E-state index in [1.54, 1.807) is 13.4 Å². The van der Waals surface area contributed by atoms with Gasteiger partial charge in [-0.1, -0.05) is 11.8 Å². The van der Waals surface area contributed by atoms with Crippen molar-refractivity contribution in [3.8, 4) is 0 Å². The Morgan fingerprint density at radius 2 is 2.40 bits per heavy atom. The minimum Gasteiger partial charge on any atom is -0.385 e. The van der Waals surface area contributed by atoms with Gasteiger partial charge in [0.15, 0.2) is 0 Å². The third-order valence-corrected chi connectivity index (χ3v) is 1.50. The maximum atomic E-state index is 10.6. The van der Waals surface area contributed by atoms with Crippen molar-refractivity contribution in [2.75, 3.05) is 26.5 Å². The molecule has 0 aromatic rings. The summed E-state index contributed by atoms with van der Waals surface area (Å²) >= 11 is 1.19. The van der Waals surface area contributed by atoms with Crippen molar-refractivity contribution in [3.63, 3.8) is 0 Å². The first-order chi connectivity index (χ1) is 4.81. The van der Waals surface area contributed by atoms with Crippen molar-refractivity contribution in [3.05, 3.63) is 0 Å². The highest BCUT2D eigenvalue weighted by Crippen LogP contribution is 1.91. The van der Waals surface area contributed by atoms with Gasteiger partial charge in [0.05, 0.1) is 0 Å². The van der Waals surface area contributed by atoms with E-state index in [-0.39, 0.29) is 5.24 Å². The Labute approximate surface area is 65.5 Å². The van der Waals surface area contributed by atoms with Gasteiger partial charge < -0.3 is 10.1 Å². The number of rotatable bonds is 4. The first kappa shape index (κ1) is 9.78. The van der Waals surface area contributed by atoms with E-state index in [1.807, 2.05) is 0 Å². The molecule has 0 unspecified atom stereocenters. The highest BCUT2D eigenvalue weighted by atomic mass is 32.2. The lowest BCUT2D eigenvalue weighted by atomic mass is 10.4. The van der Waals surface area contributed by atoms with E-state index in [0.29, 0.717) is 13.2 Å². The zero-order valence-electron chi connectivity index (χ0n) is 6.35. The van der Waals surface area contributed by atoms with Crippen molar-refractivity contribution in [2.45, 2.75) is 6.42 Å². The van der Waals surface area contributed by atoms with Crippen molar-refractivity contribution in [1.82, 2.24) is 5.32 Å². The fourth-order valence-corrected chi connectivity index (χ4v) is 0.726. The van der Waals surface area contributed by atoms with Crippen LogP contribution in [-0.4, -0.2) is 31.8 Å². The van der Waals surface area contributed by atoms with Crippen LogP contribution in [0.25, 0.3) is 0 Å². The monoisotopic (exact) mass is 163 g/mol. The van der Waals surface area contributed by atoms with Crippen LogP contribution in [0, 0.1) is 0 Å². The summed E-state index contributed by atoms with van der Waals surface area (Å²) in [4.78, 5) is 10.6. The quantitative estimate of drug-likeness (QED) is 0.631. The Hall–Kier alpha value is -0.220. The molecule has 1 amide bonds. The van der Waals surface area contributed by atoms with Crippen molar-refractivity contribution in [1.29, 1.82) is 0 Å². The van der Waals surface area contributed by atoms with Crippen LogP contribution in [0.4, 0.5) is 4.79 Å². The van der Waals surface area contributed by atoms with Gasteiger partial charge in [-0.2, -0.15) is 0 Å². The average molecular weight is 163 g/mol. The number of nitrogens with one attached hydrogen (secondary N) is 1. The SMILES string of the molecule is COCCCNC(=O)SC. The number of hydrogen-bond acceptors (Lipinski definition) is 3. The molecule has 0 aliphatic heterocycles. The second-order valence-corrected chi connectivity index (χ2v) is 2.54. The minimum atomic E-state index is 0.0242. The molecule has 0 aromatic heterocycles. The molecule has 0 fully saturated rings. The van der Waals surface area contributed by atoms with Crippen LogP contribution in [-0.2, 0) is 4.74 Å². The topological polar surface area (TPSA) is 38.3 Å². The van der Waals surface area contributed by atoms with E-state index in [0.717, 1.165) is 6.42 Å². The van der Waals surface area contributed by atoms with Gasteiger partial charge in [-0.05, 0) is 12.7 Å². The summed E-state index contributed by atoms with van der Waals surface area (Å²) in [5.41, 5.74) is 0. The van der Waals surface area contributed by atoms with Crippen molar-refractivity contribution < 1.29 is 9.53 Å². The Morgan fingerprint density at radius 3 is 2.90 bits per heavy atom. The molecule has 0 aliphatic rings. The summed E-state index contributed by atoms with van der Waals surface area (Å²) in [7, 11) is 1.65. The maximum Gasteiger partial charge on any atom is 0.278 e. The Kier molecular flexibility index (Phi) is 6.74. The van der Waals surface area contributed by atoms with Crippen LogP contribution < -0.4 is 5.32 Å². The molecule has 0 atom stereocenters. The van der Waals surface area contributed by atoms with Gasteiger partial charge in [0.2, 0.25) is 0 Å². The fraction of sp³-hybridized carbons (Fsp3) is 0.833. The number of thioether (sulfide) groups is 1. The standard InChI is InChI=1S/C6H13NO2S/c1-9-5-3-4-7-6(8)10-2/h3-5H2,1-2H3,(H,7,8). The maximum absolute atomic E-state index is 10.6. The normalized spacial score (nSPS) is 9.40. The third-order valence-electron chi connectivity index (χ3n) is 0.980. The number of ether oxygens (including phenoxy) is 1. The van der Waals surface area contributed by atoms with E-state index in [9.17, 15) is 4.79 Å². The first-order valence-corrected chi connectivity index (χ1v) is 4.34. The molecule has 4 heteroatoms. The second-order valence-electron chi connectivity index (χ2n) is 1.76. The molecular weight excluding hydrogens is 150 g/mol. The van der Waals surface area contributed by atoms with Crippen LogP contribution in [0.3, 0.4) is 0 Å². The van der Waals surface area contributed by atoms with Gasteiger partial charge >= 0.3 is 0 Å². The summed E-state index contributed by atoms with van der Waals surface area (Å²) in [6, 6.07) is 0. The zero-order valence-corrected chi connectivity index (χ0v) is 7.16. The first-order valence-electron chi connectivity index (χ1n) is 3.12. The number of hydrogen-bond donors (Lipinski definition) is 1. The predicted octanol–water partition coefficient (Wildman–Crippen LogP) is 1.10. The van der Waals surface area contributed by atoms with Crippen LogP contribution in [0.2, 0.25) is 0 Å². The molecule has 0 aliphatic carbocycles. The summed E-state index contributed by atoms with van der Waals surface area (Å²) in [5.74, 6) is 0. The predicted molar refractivity (Wildman–Crippen MR) is 43.4 cm³/mol. The minimum absolute atomic E-state index is 0.0242. The number of amides is 1. The molecule has 0 saturated heterocycles. The van der Waals surface area contributed by atoms with E-state index < -0.39 is 0 Å². The summed E-state index contributed by atoms with van der Waals surface area (Å²) in [5, 5.41) is 2.74. The zero-order chi connectivity index (χ0) is 7.82. The molecular formula is C6H13NO2S. The van der Waals surface area contributed by atoms with Gasteiger partial charge in [-0.15, -0.1) is 0 Å². The molecule has 0 radical (unpaired) electrons. The van der Waals surface area contributed by atoms with E-state index in [1.165, 1.54) is 11.8 Å². The molecule has 0 saturated carbocycles. The third kappa shape index (κ3) is 5.91. The molecule has 0 aromatic carbocycles. The van der Waals surface area contributed by atoms with Crippen LogP contribution >= 0.6 is 11.8 Å². The highest BCUT2D eigenvalue weighted by Gasteiger charge is 1.93. The molecule has 60 valence electrons.